The summed E-state index contributed by atoms with van der Waals surface area (Å²) >= 11 is 0. The van der Waals surface area contributed by atoms with Crippen molar-refractivity contribution in [1.82, 2.24) is 24.9 Å². The molecule has 1 aliphatic heterocycles. The van der Waals surface area contributed by atoms with E-state index in [9.17, 15) is 4.79 Å². The van der Waals surface area contributed by atoms with Gasteiger partial charge < -0.3 is 14.5 Å². The molecule has 1 fully saturated rings. The van der Waals surface area contributed by atoms with E-state index in [2.05, 4.69) is 15.3 Å². The van der Waals surface area contributed by atoms with Crippen LogP contribution in [0.2, 0.25) is 0 Å². The third-order valence-corrected chi connectivity index (χ3v) is 4.31. The average molecular weight is 330 g/mol. The Hall–Kier alpha value is -2.48. The quantitative estimate of drug-likeness (QED) is 0.814. The summed E-state index contributed by atoms with van der Waals surface area (Å²) in [7, 11) is 7.32. The van der Waals surface area contributed by atoms with Crippen molar-refractivity contribution in [2.75, 3.05) is 39.2 Å². The molecule has 3 rings (SSSR count). The highest BCUT2D eigenvalue weighted by Crippen LogP contribution is 2.29. The lowest BCUT2D eigenvalue weighted by molar-refractivity contribution is 0.0714. The van der Waals surface area contributed by atoms with Gasteiger partial charge in [-0.3, -0.25) is 9.48 Å². The van der Waals surface area contributed by atoms with Gasteiger partial charge in [-0.15, -0.1) is 5.10 Å². The number of carbonyl (C=O) groups is 1. The standard InChI is InChI=1S/C16H22N6O2/c1-20(2)15-6-5-11(7-17-15)16(23)22-8-12(14(10-22)24-4)13-9-21(3)19-18-13/h5-7,9,12,14H,8,10H2,1-4H3/t12-,14+/m0/s1. The molecule has 0 radical (unpaired) electrons. The molecule has 0 aromatic carbocycles. The first-order valence-corrected chi connectivity index (χ1v) is 7.81. The van der Waals surface area contributed by atoms with Gasteiger partial charge >= 0.3 is 0 Å². The van der Waals surface area contributed by atoms with Crippen LogP contribution in [0.25, 0.3) is 0 Å². The van der Waals surface area contributed by atoms with Gasteiger partial charge in [0.05, 0.1) is 23.3 Å². The predicted octanol–water partition coefficient (Wildman–Crippen LogP) is 0.531. The van der Waals surface area contributed by atoms with E-state index in [1.165, 1.54) is 0 Å². The Morgan fingerprint density at radius 2 is 2.12 bits per heavy atom. The fraction of sp³-hybridized carbons (Fsp3) is 0.500. The number of aryl methyl sites for hydroxylation is 1. The summed E-state index contributed by atoms with van der Waals surface area (Å²) in [6, 6.07) is 3.65. The number of amides is 1. The topological polar surface area (TPSA) is 76.4 Å². The van der Waals surface area contributed by atoms with Gasteiger partial charge in [-0.2, -0.15) is 0 Å². The maximum atomic E-state index is 12.7. The van der Waals surface area contributed by atoms with Crippen LogP contribution < -0.4 is 4.90 Å². The fourth-order valence-electron chi connectivity index (χ4n) is 2.96. The zero-order valence-corrected chi connectivity index (χ0v) is 14.4. The first-order chi connectivity index (χ1) is 11.5. The van der Waals surface area contributed by atoms with Crippen molar-refractivity contribution in [3.63, 3.8) is 0 Å². The van der Waals surface area contributed by atoms with Crippen molar-refractivity contribution < 1.29 is 9.53 Å². The van der Waals surface area contributed by atoms with E-state index >= 15 is 0 Å². The number of nitrogens with zero attached hydrogens (tertiary/aromatic N) is 6. The molecule has 1 amide bonds. The highest BCUT2D eigenvalue weighted by molar-refractivity contribution is 5.94. The normalized spacial score (nSPS) is 20.4. The minimum Gasteiger partial charge on any atom is -0.379 e. The van der Waals surface area contributed by atoms with Crippen LogP contribution >= 0.6 is 0 Å². The summed E-state index contributed by atoms with van der Waals surface area (Å²) in [4.78, 5) is 20.7. The van der Waals surface area contributed by atoms with Crippen molar-refractivity contribution in [2.24, 2.45) is 7.05 Å². The SMILES string of the molecule is CO[C@@H]1CN(C(=O)c2ccc(N(C)C)nc2)C[C@H]1c1cn(C)nn1. The Balaban J connectivity index is 1.76. The molecule has 1 aliphatic rings. The van der Waals surface area contributed by atoms with Gasteiger partial charge in [-0.25, -0.2) is 4.98 Å². The molecule has 0 spiro atoms. The summed E-state index contributed by atoms with van der Waals surface area (Å²) in [5.41, 5.74) is 1.43. The molecule has 0 aliphatic carbocycles. The van der Waals surface area contributed by atoms with E-state index in [0.29, 0.717) is 18.7 Å². The van der Waals surface area contributed by atoms with E-state index < -0.39 is 0 Å². The van der Waals surface area contributed by atoms with Crippen LogP contribution in [0.4, 0.5) is 5.82 Å². The molecule has 8 heteroatoms. The molecule has 2 atom stereocenters. The van der Waals surface area contributed by atoms with E-state index in [4.69, 9.17) is 4.74 Å². The fourth-order valence-corrected chi connectivity index (χ4v) is 2.96. The summed E-state index contributed by atoms with van der Waals surface area (Å²) < 4.78 is 7.22. The minimum atomic E-state index is -0.0837. The summed E-state index contributed by atoms with van der Waals surface area (Å²) in [5, 5.41) is 8.15. The van der Waals surface area contributed by atoms with Crippen LogP contribution in [0, 0.1) is 0 Å². The number of hydrogen-bond acceptors (Lipinski definition) is 6. The number of aromatic nitrogens is 4. The van der Waals surface area contributed by atoms with Crippen LogP contribution in [0.1, 0.15) is 22.0 Å². The van der Waals surface area contributed by atoms with Gasteiger partial charge in [0, 0.05) is 53.7 Å². The molecule has 3 heterocycles. The second-order valence-electron chi connectivity index (χ2n) is 6.21. The Kier molecular flexibility index (Phi) is 4.48. The zero-order chi connectivity index (χ0) is 17.3. The number of pyridine rings is 1. The van der Waals surface area contributed by atoms with Crippen molar-refractivity contribution in [3.8, 4) is 0 Å². The Bertz CT molecular complexity index is 712. The first kappa shape index (κ1) is 16.4. The van der Waals surface area contributed by atoms with Gasteiger partial charge in [0.2, 0.25) is 0 Å². The maximum absolute atomic E-state index is 12.7. The molecule has 0 saturated carbocycles. The van der Waals surface area contributed by atoms with Gasteiger partial charge in [0.15, 0.2) is 0 Å². The number of carbonyl (C=O) groups excluding carboxylic acids is 1. The number of hydrogen-bond donors (Lipinski definition) is 0. The second kappa shape index (κ2) is 6.56. The summed E-state index contributed by atoms with van der Waals surface area (Å²) in [5.74, 6) is 0.808. The molecule has 2 aromatic rings. The smallest absolute Gasteiger partial charge is 0.255 e. The molecule has 0 bridgehead atoms. The summed E-state index contributed by atoms with van der Waals surface area (Å²) in [6.45, 7) is 1.09. The minimum absolute atomic E-state index is 0.0293. The second-order valence-corrected chi connectivity index (χ2v) is 6.21. The van der Waals surface area contributed by atoms with E-state index in [0.717, 1.165) is 11.5 Å². The van der Waals surface area contributed by atoms with Gasteiger partial charge in [0.25, 0.3) is 5.91 Å². The van der Waals surface area contributed by atoms with Crippen LogP contribution in [0.15, 0.2) is 24.5 Å². The van der Waals surface area contributed by atoms with E-state index in [1.807, 2.05) is 44.4 Å². The molecule has 8 nitrogen and oxygen atoms in total. The number of likely N-dealkylation sites (tertiary alicyclic amines) is 1. The number of rotatable bonds is 4. The van der Waals surface area contributed by atoms with Crippen LogP contribution in [-0.2, 0) is 11.8 Å². The number of anilines is 1. The lowest BCUT2D eigenvalue weighted by atomic mass is 10.0. The van der Waals surface area contributed by atoms with Crippen molar-refractivity contribution in [1.29, 1.82) is 0 Å². The molecular weight excluding hydrogens is 308 g/mol. The molecule has 1 saturated heterocycles. The lowest BCUT2D eigenvalue weighted by Crippen LogP contribution is -2.30. The first-order valence-electron chi connectivity index (χ1n) is 7.81. The maximum Gasteiger partial charge on any atom is 0.255 e. The van der Waals surface area contributed by atoms with Crippen molar-refractivity contribution >= 4 is 11.7 Å². The Labute approximate surface area is 141 Å². The largest absolute Gasteiger partial charge is 0.379 e. The van der Waals surface area contributed by atoms with Gasteiger partial charge in [0.1, 0.15) is 5.82 Å². The van der Waals surface area contributed by atoms with E-state index in [-0.39, 0.29) is 17.9 Å². The molecule has 2 aromatic heterocycles. The van der Waals surface area contributed by atoms with Crippen molar-refractivity contribution in [3.05, 3.63) is 35.8 Å². The van der Waals surface area contributed by atoms with Crippen LogP contribution in [-0.4, -0.2) is 71.2 Å². The lowest BCUT2D eigenvalue weighted by Gasteiger charge is -2.17. The monoisotopic (exact) mass is 330 g/mol. The predicted molar refractivity (Wildman–Crippen MR) is 89.0 cm³/mol. The van der Waals surface area contributed by atoms with Crippen LogP contribution in [0.5, 0.6) is 0 Å². The third kappa shape index (κ3) is 3.09. The highest BCUT2D eigenvalue weighted by Gasteiger charge is 2.38. The van der Waals surface area contributed by atoms with E-state index in [1.54, 1.807) is 22.9 Å². The summed E-state index contributed by atoms with van der Waals surface area (Å²) in [6.07, 6.45) is 3.41. The third-order valence-electron chi connectivity index (χ3n) is 4.31. The Morgan fingerprint density at radius 3 is 2.67 bits per heavy atom. The number of ether oxygens (including phenoxy) is 1. The molecule has 24 heavy (non-hydrogen) atoms. The highest BCUT2D eigenvalue weighted by atomic mass is 16.5. The molecule has 0 N–H and O–H groups in total. The van der Waals surface area contributed by atoms with Gasteiger partial charge in [-0.05, 0) is 12.1 Å². The Morgan fingerprint density at radius 1 is 1.33 bits per heavy atom. The van der Waals surface area contributed by atoms with Gasteiger partial charge in [-0.1, -0.05) is 5.21 Å². The average Bonchev–Trinajstić information content (AvgIpc) is 3.20. The zero-order valence-electron chi connectivity index (χ0n) is 14.4. The van der Waals surface area contributed by atoms with Crippen molar-refractivity contribution in [2.45, 2.75) is 12.0 Å². The molecular formula is C16H22N6O2. The molecule has 128 valence electrons. The number of methoxy groups -OCH3 is 1. The molecule has 0 unspecified atom stereocenters. The van der Waals surface area contributed by atoms with Crippen LogP contribution in [0.3, 0.4) is 0 Å².